The maximum atomic E-state index is 10.9. The van der Waals surface area contributed by atoms with Crippen LogP contribution in [0.4, 0.5) is 0 Å². The summed E-state index contributed by atoms with van der Waals surface area (Å²) in [5.74, 6) is -0.555. The summed E-state index contributed by atoms with van der Waals surface area (Å²) in [4.78, 5) is 10.9. The van der Waals surface area contributed by atoms with E-state index in [-0.39, 0.29) is 0 Å². The second kappa shape index (κ2) is 2.75. The molecule has 0 aromatic rings. The van der Waals surface area contributed by atoms with Gasteiger partial charge in [-0.1, -0.05) is 6.08 Å². The zero-order valence-corrected chi connectivity index (χ0v) is 6.20. The molecule has 11 heavy (non-hydrogen) atoms. The van der Waals surface area contributed by atoms with Gasteiger partial charge in [-0.05, 0) is 18.4 Å². The summed E-state index contributed by atoms with van der Waals surface area (Å²) < 4.78 is 4.92. The molecule has 0 spiro atoms. The van der Waals surface area contributed by atoms with Crippen LogP contribution >= 0.6 is 0 Å². The van der Waals surface area contributed by atoms with E-state index in [1.807, 2.05) is 0 Å². The maximum Gasteiger partial charge on any atom is 0.275 e. The van der Waals surface area contributed by atoms with Crippen molar-refractivity contribution < 1.29 is 9.53 Å². The first-order valence-corrected chi connectivity index (χ1v) is 3.18. The van der Waals surface area contributed by atoms with Crippen molar-refractivity contribution in [2.75, 3.05) is 7.11 Å². The van der Waals surface area contributed by atoms with Gasteiger partial charge in [0, 0.05) is 7.11 Å². The fourth-order valence-electron chi connectivity index (χ4n) is 0.847. The predicted octanol–water partition coefficient (Wildman–Crippen LogP) is -0.512. The highest BCUT2D eigenvalue weighted by Crippen LogP contribution is 2.10. The van der Waals surface area contributed by atoms with Crippen molar-refractivity contribution in [2.24, 2.45) is 5.73 Å². The van der Waals surface area contributed by atoms with Gasteiger partial charge in [-0.3, -0.25) is 4.79 Å². The number of hydrogen-bond acceptors (Lipinski definition) is 3. The minimum Gasteiger partial charge on any atom is -0.365 e. The molecule has 1 atom stereocenters. The topological polar surface area (TPSA) is 64.3 Å². The molecule has 0 aromatic carbocycles. The van der Waals surface area contributed by atoms with Crippen molar-refractivity contribution in [1.82, 2.24) is 5.32 Å². The number of ether oxygens (including phenoxy) is 1. The molecule has 0 bridgehead atoms. The first kappa shape index (κ1) is 7.81. The van der Waals surface area contributed by atoms with Crippen LogP contribution in [0.15, 0.2) is 24.4 Å². The molecule has 0 radical (unpaired) electrons. The van der Waals surface area contributed by atoms with Gasteiger partial charge < -0.3 is 15.8 Å². The molecule has 1 amide bonds. The number of hydrogen-bond donors (Lipinski definition) is 2. The van der Waals surface area contributed by atoms with Crippen molar-refractivity contribution in [3.05, 3.63) is 24.4 Å². The highest BCUT2D eigenvalue weighted by molar-refractivity contribution is 5.85. The number of rotatable bonds is 2. The summed E-state index contributed by atoms with van der Waals surface area (Å²) in [5, 5.41) is 2.72. The summed E-state index contributed by atoms with van der Waals surface area (Å²) in [5.41, 5.74) is 3.94. The third-order valence-corrected chi connectivity index (χ3v) is 1.52. The summed E-state index contributed by atoms with van der Waals surface area (Å²) in [6.45, 7) is 0. The fourth-order valence-corrected chi connectivity index (χ4v) is 0.847. The smallest absolute Gasteiger partial charge is 0.275 e. The van der Waals surface area contributed by atoms with Gasteiger partial charge in [0.25, 0.3) is 5.91 Å². The van der Waals surface area contributed by atoms with Crippen LogP contribution in [0.1, 0.15) is 0 Å². The molecule has 1 aliphatic heterocycles. The largest absolute Gasteiger partial charge is 0.365 e. The number of nitrogens with one attached hydrogen (secondary N) is 1. The van der Waals surface area contributed by atoms with E-state index in [9.17, 15) is 4.79 Å². The average molecular weight is 154 g/mol. The molecule has 1 aliphatic rings. The lowest BCUT2D eigenvalue weighted by Gasteiger charge is -2.27. The summed E-state index contributed by atoms with van der Waals surface area (Å²) in [6, 6.07) is 0. The Labute approximate surface area is 64.7 Å². The third-order valence-electron chi connectivity index (χ3n) is 1.52. The SMILES string of the molecule is COC1(C(N)=O)C=CC=CN1. The maximum absolute atomic E-state index is 10.9. The quantitative estimate of drug-likeness (QED) is 0.563. The lowest BCUT2D eigenvalue weighted by molar-refractivity contribution is -0.136. The molecule has 0 aliphatic carbocycles. The van der Waals surface area contributed by atoms with Gasteiger partial charge in [0.1, 0.15) is 0 Å². The number of carbonyl (C=O) groups is 1. The van der Waals surface area contributed by atoms with Crippen molar-refractivity contribution in [3.63, 3.8) is 0 Å². The minimum absolute atomic E-state index is 0.555. The molecule has 0 saturated carbocycles. The van der Waals surface area contributed by atoms with Gasteiger partial charge in [0.15, 0.2) is 0 Å². The molecular formula is C7H10N2O2. The van der Waals surface area contributed by atoms with Crippen LogP contribution in [0.3, 0.4) is 0 Å². The zero-order chi connectivity index (χ0) is 8.32. The van der Waals surface area contributed by atoms with Gasteiger partial charge >= 0.3 is 0 Å². The number of allylic oxidation sites excluding steroid dienone is 2. The predicted molar refractivity (Wildman–Crippen MR) is 40.4 cm³/mol. The highest BCUT2D eigenvalue weighted by Gasteiger charge is 2.33. The first-order valence-electron chi connectivity index (χ1n) is 3.18. The standard InChI is InChI=1S/C7H10N2O2/c1-11-7(6(8)10)4-2-3-5-9-7/h2-5,9H,1H3,(H2,8,10). The average Bonchev–Trinajstić information content (AvgIpc) is 2.05. The van der Waals surface area contributed by atoms with Gasteiger partial charge in [0.05, 0.1) is 0 Å². The molecule has 1 unspecified atom stereocenters. The van der Waals surface area contributed by atoms with E-state index in [2.05, 4.69) is 5.32 Å². The number of methoxy groups -OCH3 is 1. The Hall–Kier alpha value is -1.29. The second-order valence-corrected chi connectivity index (χ2v) is 2.17. The number of amides is 1. The van der Waals surface area contributed by atoms with Crippen molar-refractivity contribution >= 4 is 5.91 Å². The Bertz CT molecular complexity index is 222. The van der Waals surface area contributed by atoms with E-state index in [1.165, 1.54) is 7.11 Å². The number of primary amides is 1. The minimum atomic E-state index is -1.16. The Morgan fingerprint density at radius 1 is 1.64 bits per heavy atom. The van der Waals surface area contributed by atoms with E-state index in [1.54, 1.807) is 24.4 Å². The Morgan fingerprint density at radius 2 is 2.36 bits per heavy atom. The number of carbonyl (C=O) groups excluding carboxylic acids is 1. The molecule has 3 N–H and O–H groups in total. The molecule has 1 heterocycles. The molecule has 0 aromatic heterocycles. The van der Waals surface area contributed by atoms with Crippen LogP contribution in [-0.2, 0) is 9.53 Å². The molecule has 60 valence electrons. The zero-order valence-electron chi connectivity index (χ0n) is 6.20. The van der Waals surface area contributed by atoms with E-state index in [0.29, 0.717) is 0 Å². The fraction of sp³-hybridized carbons (Fsp3) is 0.286. The van der Waals surface area contributed by atoms with Crippen LogP contribution in [-0.4, -0.2) is 18.7 Å². The van der Waals surface area contributed by atoms with Gasteiger partial charge in [-0.15, -0.1) is 0 Å². The lowest BCUT2D eigenvalue weighted by Crippen LogP contribution is -2.54. The monoisotopic (exact) mass is 154 g/mol. The normalized spacial score (nSPS) is 28.1. The summed E-state index contributed by atoms with van der Waals surface area (Å²) >= 11 is 0. The first-order chi connectivity index (χ1) is 5.21. The molecule has 1 rings (SSSR count). The van der Waals surface area contributed by atoms with Crippen LogP contribution in [0.2, 0.25) is 0 Å². The highest BCUT2D eigenvalue weighted by atomic mass is 16.5. The van der Waals surface area contributed by atoms with E-state index in [0.717, 1.165) is 0 Å². The number of nitrogens with two attached hydrogens (primary N) is 1. The van der Waals surface area contributed by atoms with Crippen LogP contribution < -0.4 is 11.1 Å². The molecule has 0 fully saturated rings. The summed E-state index contributed by atoms with van der Waals surface area (Å²) in [7, 11) is 1.42. The Morgan fingerprint density at radius 3 is 2.64 bits per heavy atom. The second-order valence-electron chi connectivity index (χ2n) is 2.17. The van der Waals surface area contributed by atoms with E-state index in [4.69, 9.17) is 10.5 Å². The van der Waals surface area contributed by atoms with Crippen LogP contribution in [0.25, 0.3) is 0 Å². The van der Waals surface area contributed by atoms with Gasteiger partial charge in [-0.2, -0.15) is 0 Å². The molecule has 4 nitrogen and oxygen atoms in total. The van der Waals surface area contributed by atoms with Gasteiger partial charge in [-0.25, -0.2) is 0 Å². The Kier molecular flexibility index (Phi) is 1.96. The number of dihydropyridines is 1. The molecule has 0 saturated heterocycles. The Balaban J connectivity index is 2.85. The molecule has 4 heteroatoms. The van der Waals surface area contributed by atoms with Gasteiger partial charge in [0.2, 0.25) is 5.72 Å². The third kappa shape index (κ3) is 1.25. The lowest BCUT2D eigenvalue weighted by atomic mass is 10.1. The van der Waals surface area contributed by atoms with Crippen LogP contribution in [0.5, 0.6) is 0 Å². The van der Waals surface area contributed by atoms with Crippen molar-refractivity contribution in [3.8, 4) is 0 Å². The van der Waals surface area contributed by atoms with Crippen molar-refractivity contribution in [1.29, 1.82) is 0 Å². The van der Waals surface area contributed by atoms with E-state index >= 15 is 0 Å². The molecular weight excluding hydrogens is 144 g/mol. The van der Waals surface area contributed by atoms with E-state index < -0.39 is 11.6 Å². The van der Waals surface area contributed by atoms with Crippen LogP contribution in [0, 0.1) is 0 Å². The van der Waals surface area contributed by atoms with Crippen molar-refractivity contribution in [2.45, 2.75) is 5.72 Å². The summed E-state index contributed by atoms with van der Waals surface area (Å²) in [6.07, 6.45) is 6.62.